The van der Waals surface area contributed by atoms with E-state index in [4.69, 9.17) is 5.73 Å². The van der Waals surface area contributed by atoms with Crippen LogP contribution in [0.3, 0.4) is 0 Å². The summed E-state index contributed by atoms with van der Waals surface area (Å²) in [4.78, 5) is 4.37. The molecule has 0 bridgehead atoms. The van der Waals surface area contributed by atoms with E-state index in [1.807, 2.05) is 12.3 Å². The van der Waals surface area contributed by atoms with Crippen molar-refractivity contribution in [3.05, 3.63) is 28.5 Å². The number of aromatic nitrogens is 1. The van der Waals surface area contributed by atoms with Gasteiger partial charge in [-0.1, -0.05) is 25.7 Å². The second kappa shape index (κ2) is 6.50. The molecule has 0 saturated heterocycles. The van der Waals surface area contributed by atoms with E-state index in [1.54, 1.807) is 0 Å². The van der Waals surface area contributed by atoms with Crippen LogP contribution in [0.1, 0.15) is 44.2 Å². The normalized spacial score (nSPS) is 18.5. The molecule has 1 unspecified atom stereocenters. The highest BCUT2D eigenvalue weighted by Crippen LogP contribution is 2.28. The summed E-state index contributed by atoms with van der Waals surface area (Å²) < 4.78 is 1.03. The van der Waals surface area contributed by atoms with Crippen molar-refractivity contribution >= 4 is 15.9 Å². The monoisotopic (exact) mass is 296 g/mol. The van der Waals surface area contributed by atoms with Gasteiger partial charge in [0.05, 0.1) is 0 Å². The second-order valence-electron chi connectivity index (χ2n) is 5.16. The van der Waals surface area contributed by atoms with Gasteiger partial charge in [0.2, 0.25) is 0 Å². The van der Waals surface area contributed by atoms with Crippen LogP contribution in [0.5, 0.6) is 0 Å². The maximum absolute atomic E-state index is 6.17. The molecule has 1 heterocycles. The van der Waals surface area contributed by atoms with Gasteiger partial charge in [-0.05, 0) is 46.8 Å². The van der Waals surface area contributed by atoms with Crippen LogP contribution in [0.15, 0.2) is 22.8 Å². The maximum atomic E-state index is 6.17. The van der Waals surface area contributed by atoms with Crippen LogP contribution >= 0.6 is 15.9 Å². The smallest absolute Gasteiger partial charge is 0.0419 e. The molecule has 0 amide bonds. The summed E-state index contributed by atoms with van der Waals surface area (Å²) in [5.41, 5.74) is 7.27. The molecule has 1 atom stereocenters. The summed E-state index contributed by atoms with van der Waals surface area (Å²) in [6, 6.07) is 4.36. The van der Waals surface area contributed by atoms with Crippen LogP contribution in [0.25, 0.3) is 0 Å². The standard InChI is InChI=1S/C14H21BrN2/c15-12-6-8-14(17-10-12)9-13(16)7-5-11-3-1-2-4-11/h6,8,10-11,13H,1-5,7,9,16H2. The lowest BCUT2D eigenvalue weighted by atomic mass is 9.97. The number of halogens is 1. The van der Waals surface area contributed by atoms with Gasteiger partial charge in [-0.3, -0.25) is 4.98 Å². The summed E-state index contributed by atoms with van der Waals surface area (Å²) in [6.07, 6.45) is 10.9. The Morgan fingerprint density at radius 1 is 1.35 bits per heavy atom. The Labute approximate surface area is 112 Å². The minimum atomic E-state index is 0.268. The van der Waals surface area contributed by atoms with E-state index in [0.29, 0.717) is 0 Å². The Morgan fingerprint density at radius 2 is 2.12 bits per heavy atom. The lowest BCUT2D eigenvalue weighted by molar-refractivity contribution is 0.446. The first-order chi connectivity index (χ1) is 8.24. The third-order valence-corrected chi connectivity index (χ3v) is 4.15. The van der Waals surface area contributed by atoms with Crippen molar-refractivity contribution in [2.75, 3.05) is 0 Å². The minimum absolute atomic E-state index is 0.268. The van der Waals surface area contributed by atoms with Gasteiger partial charge in [-0.15, -0.1) is 0 Å². The van der Waals surface area contributed by atoms with E-state index in [1.165, 1.54) is 32.1 Å². The number of hydrogen-bond acceptors (Lipinski definition) is 2. The van der Waals surface area contributed by atoms with Crippen LogP contribution in [0.4, 0.5) is 0 Å². The van der Waals surface area contributed by atoms with Gasteiger partial charge in [0, 0.05) is 28.8 Å². The largest absolute Gasteiger partial charge is 0.327 e. The Hall–Kier alpha value is -0.410. The highest BCUT2D eigenvalue weighted by molar-refractivity contribution is 9.10. The summed E-state index contributed by atoms with van der Waals surface area (Å²) in [6.45, 7) is 0. The summed E-state index contributed by atoms with van der Waals surface area (Å²) >= 11 is 3.39. The molecule has 2 nitrogen and oxygen atoms in total. The number of nitrogens with two attached hydrogens (primary N) is 1. The van der Waals surface area contributed by atoms with Gasteiger partial charge in [0.15, 0.2) is 0 Å². The highest BCUT2D eigenvalue weighted by Gasteiger charge is 2.16. The van der Waals surface area contributed by atoms with Gasteiger partial charge >= 0.3 is 0 Å². The van der Waals surface area contributed by atoms with Crippen molar-refractivity contribution in [3.63, 3.8) is 0 Å². The van der Waals surface area contributed by atoms with Crippen molar-refractivity contribution in [2.24, 2.45) is 11.7 Å². The average Bonchev–Trinajstić information content (AvgIpc) is 2.83. The molecule has 1 aliphatic carbocycles. The van der Waals surface area contributed by atoms with Crippen LogP contribution in [0.2, 0.25) is 0 Å². The van der Waals surface area contributed by atoms with E-state index in [2.05, 4.69) is 27.0 Å². The van der Waals surface area contributed by atoms with E-state index < -0.39 is 0 Å². The molecule has 1 fully saturated rings. The molecule has 2 N–H and O–H groups in total. The van der Waals surface area contributed by atoms with Crippen LogP contribution in [-0.4, -0.2) is 11.0 Å². The fourth-order valence-corrected chi connectivity index (χ4v) is 2.88. The van der Waals surface area contributed by atoms with Crippen molar-refractivity contribution in [3.8, 4) is 0 Å². The zero-order chi connectivity index (χ0) is 12.1. The number of rotatable bonds is 5. The first kappa shape index (κ1) is 13.0. The lowest BCUT2D eigenvalue weighted by Crippen LogP contribution is -2.24. The third kappa shape index (κ3) is 4.40. The SMILES string of the molecule is NC(CCC1CCCC1)Cc1ccc(Br)cn1. The van der Waals surface area contributed by atoms with Gasteiger partial charge < -0.3 is 5.73 Å². The quantitative estimate of drug-likeness (QED) is 0.900. The van der Waals surface area contributed by atoms with Crippen molar-refractivity contribution in [2.45, 2.75) is 51.0 Å². The van der Waals surface area contributed by atoms with Gasteiger partial charge in [-0.25, -0.2) is 0 Å². The van der Waals surface area contributed by atoms with Crippen LogP contribution in [-0.2, 0) is 6.42 Å². The second-order valence-corrected chi connectivity index (χ2v) is 6.08. The molecule has 0 radical (unpaired) electrons. The van der Waals surface area contributed by atoms with E-state index in [9.17, 15) is 0 Å². The molecule has 0 spiro atoms. The first-order valence-corrected chi connectivity index (χ1v) is 7.39. The highest BCUT2D eigenvalue weighted by atomic mass is 79.9. The zero-order valence-corrected chi connectivity index (χ0v) is 11.8. The molecule has 2 rings (SSSR count). The third-order valence-electron chi connectivity index (χ3n) is 3.68. The fraction of sp³-hybridized carbons (Fsp3) is 0.643. The molecule has 1 aromatic rings. The predicted octanol–water partition coefficient (Wildman–Crippen LogP) is 3.68. The molecule has 0 aromatic carbocycles. The zero-order valence-electron chi connectivity index (χ0n) is 10.2. The molecular formula is C14H21BrN2. The molecule has 17 heavy (non-hydrogen) atoms. The molecule has 1 aromatic heterocycles. The molecule has 94 valence electrons. The molecule has 0 aliphatic heterocycles. The molecular weight excluding hydrogens is 276 g/mol. The van der Waals surface area contributed by atoms with E-state index >= 15 is 0 Å². The first-order valence-electron chi connectivity index (χ1n) is 6.60. The number of nitrogens with zero attached hydrogens (tertiary/aromatic N) is 1. The van der Waals surface area contributed by atoms with Crippen LogP contribution in [0, 0.1) is 5.92 Å². The van der Waals surface area contributed by atoms with Crippen LogP contribution < -0.4 is 5.73 Å². The van der Waals surface area contributed by atoms with Gasteiger partial charge in [-0.2, -0.15) is 0 Å². The van der Waals surface area contributed by atoms with E-state index in [-0.39, 0.29) is 6.04 Å². The van der Waals surface area contributed by atoms with Crippen molar-refractivity contribution < 1.29 is 0 Å². The number of pyridine rings is 1. The lowest BCUT2D eigenvalue weighted by Gasteiger charge is -2.14. The maximum Gasteiger partial charge on any atom is 0.0419 e. The fourth-order valence-electron chi connectivity index (χ4n) is 2.65. The summed E-state index contributed by atoms with van der Waals surface area (Å²) in [5, 5.41) is 0. The molecule has 1 saturated carbocycles. The van der Waals surface area contributed by atoms with Crippen molar-refractivity contribution in [1.82, 2.24) is 4.98 Å². The van der Waals surface area contributed by atoms with Gasteiger partial charge in [0.1, 0.15) is 0 Å². The van der Waals surface area contributed by atoms with E-state index in [0.717, 1.165) is 28.9 Å². The summed E-state index contributed by atoms with van der Waals surface area (Å²) in [5.74, 6) is 0.943. The minimum Gasteiger partial charge on any atom is -0.327 e. The Morgan fingerprint density at radius 3 is 2.76 bits per heavy atom. The Balaban J connectivity index is 1.72. The average molecular weight is 297 g/mol. The molecule has 1 aliphatic rings. The molecule has 3 heteroatoms. The van der Waals surface area contributed by atoms with Crippen molar-refractivity contribution in [1.29, 1.82) is 0 Å². The Bertz CT molecular complexity index is 331. The number of hydrogen-bond donors (Lipinski definition) is 1. The predicted molar refractivity (Wildman–Crippen MR) is 74.8 cm³/mol. The summed E-state index contributed by atoms with van der Waals surface area (Å²) in [7, 11) is 0. The van der Waals surface area contributed by atoms with Gasteiger partial charge in [0.25, 0.3) is 0 Å². The topological polar surface area (TPSA) is 38.9 Å². The Kier molecular flexibility index (Phi) is 4.99.